The van der Waals surface area contributed by atoms with Crippen LogP contribution in [0.2, 0.25) is 0 Å². The largest absolute Gasteiger partial charge is 0.493 e. The number of rotatable bonds is 7. The summed E-state index contributed by atoms with van der Waals surface area (Å²) in [5, 5.41) is 8.89. The number of hydrogen-bond acceptors (Lipinski definition) is 4. The molecular formula is C19H24N2O3. The van der Waals surface area contributed by atoms with Crippen molar-refractivity contribution in [1.82, 2.24) is 9.97 Å². The molecule has 2 aromatic rings. The molecule has 0 amide bonds. The number of carbonyl (C=O) groups is 1. The van der Waals surface area contributed by atoms with Gasteiger partial charge in [-0.2, -0.15) is 0 Å². The van der Waals surface area contributed by atoms with Gasteiger partial charge in [0.2, 0.25) is 0 Å². The van der Waals surface area contributed by atoms with E-state index >= 15 is 0 Å². The van der Waals surface area contributed by atoms with Crippen LogP contribution in [0.4, 0.5) is 0 Å². The Hall–Kier alpha value is -2.43. The fourth-order valence-electron chi connectivity index (χ4n) is 2.29. The number of carboxylic acids is 1. The van der Waals surface area contributed by atoms with Crippen LogP contribution in [0.3, 0.4) is 0 Å². The Labute approximate surface area is 142 Å². The molecule has 0 radical (unpaired) electrons. The molecule has 0 saturated heterocycles. The van der Waals surface area contributed by atoms with Gasteiger partial charge in [0.25, 0.3) is 0 Å². The van der Waals surface area contributed by atoms with Crippen molar-refractivity contribution >= 4 is 5.97 Å². The van der Waals surface area contributed by atoms with E-state index in [0.717, 1.165) is 16.9 Å². The number of ether oxygens (including phenoxy) is 1. The number of carboxylic acid groups (broad SMARTS) is 1. The number of aromatic carboxylic acids is 1. The lowest BCUT2D eigenvalue weighted by molar-refractivity contribution is 0.0696. The Morgan fingerprint density at radius 1 is 1.17 bits per heavy atom. The van der Waals surface area contributed by atoms with Gasteiger partial charge in [0.05, 0.1) is 12.2 Å². The highest BCUT2D eigenvalue weighted by Gasteiger charge is 2.11. The summed E-state index contributed by atoms with van der Waals surface area (Å²) >= 11 is 0. The van der Waals surface area contributed by atoms with E-state index < -0.39 is 5.97 Å². The van der Waals surface area contributed by atoms with Crippen molar-refractivity contribution < 1.29 is 14.6 Å². The first-order valence-corrected chi connectivity index (χ1v) is 8.16. The van der Waals surface area contributed by atoms with Gasteiger partial charge >= 0.3 is 5.97 Å². The fourth-order valence-corrected chi connectivity index (χ4v) is 2.29. The zero-order valence-corrected chi connectivity index (χ0v) is 14.6. The normalized spacial score (nSPS) is 11.1. The molecule has 1 N–H and O–H groups in total. The average Bonchev–Trinajstić information content (AvgIpc) is 2.53. The third kappa shape index (κ3) is 4.78. The van der Waals surface area contributed by atoms with E-state index in [-0.39, 0.29) is 5.56 Å². The van der Waals surface area contributed by atoms with Crippen LogP contribution in [0.15, 0.2) is 30.6 Å². The second kappa shape index (κ2) is 7.90. The minimum Gasteiger partial charge on any atom is -0.493 e. The van der Waals surface area contributed by atoms with Crippen molar-refractivity contribution in [2.75, 3.05) is 6.61 Å². The molecule has 0 bridgehead atoms. The Bertz CT molecular complexity index is 694. The predicted molar refractivity (Wildman–Crippen MR) is 92.7 cm³/mol. The lowest BCUT2D eigenvalue weighted by Gasteiger charge is -2.16. The summed E-state index contributed by atoms with van der Waals surface area (Å²) in [6.45, 7) is 9.22. The van der Waals surface area contributed by atoms with E-state index in [2.05, 4.69) is 43.7 Å². The van der Waals surface area contributed by atoms with Crippen molar-refractivity contribution in [1.29, 1.82) is 0 Å². The second-order valence-corrected chi connectivity index (χ2v) is 6.60. The average molecular weight is 328 g/mol. The Kier molecular flexibility index (Phi) is 5.90. The Morgan fingerprint density at radius 2 is 1.83 bits per heavy atom. The number of nitrogens with zero attached hydrogens (tertiary/aromatic N) is 2. The molecule has 1 aromatic heterocycles. The van der Waals surface area contributed by atoms with E-state index in [1.807, 2.05) is 12.1 Å². The standard InChI is InChI=1S/C19H24N2O3/c1-12(2)11-24-17-6-5-14(7-16(17)13(3)4)8-18-20-9-15(10-21-18)19(22)23/h5-7,9-10,12-13H,8,11H2,1-4H3,(H,22,23). The quantitative estimate of drug-likeness (QED) is 0.834. The maximum absolute atomic E-state index is 10.8. The number of hydrogen-bond donors (Lipinski definition) is 1. The first-order chi connectivity index (χ1) is 11.4. The first-order valence-electron chi connectivity index (χ1n) is 8.16. The maximum Gasteiger partial charge on any atom is 0.338 e. The summed E-state index contributed by atoms with van der Waals surface area (Å²) in [5.74, 6) is 1.33. The maximum atomic E-state index is 10.8. The smallest absolute Gasteiger partial charge is 0.338 e. The van der Waals surface area contributed by atoms with Crippen LogP contribution in [0.5, 0.6) is 5.75 Å². The Balaban J connectivity index is 2.18. The third-order valence-electron chi connectivity index (χ3n) is 3.58. The van der Waals surface area contributed by atoms with Gasteiger partial charge in [0.15, 0.2) is 0 Å². The van der Waals surface area contributed by atoms with Crippen LogP contribution in [0, 0.1) is 5.92 Å². The van der Waals surface area contributed by atoms with E-state index in [0.29, 0.717) is 30.7 Å². The second-order valence-electron chi connectivity index (χ2n) is 6.60. The van der Waals surface area contributed by atoms with Gasteiger partial charge in [-0.05, 0) is 29.0 Å². The zero-order valence-electron chi connectivity index (χ0n) is 14.6. The first kappa shape index (κ1) is 17.9. The van der Waals surface area contributed by atoms with Crippen LogP contribution in [-0.4, -0.2) is 27.7 Å². The molecule has 5 heteroatoms. The van der Waals surface area contributed by atoms with Crippen molar-refractivity contribution in [3.8, 4) is 5.75 Å². The minimum atomic E-state index is -1.02. The lowest BCUT2D eigenvalue weighted by Crippen LogP contribution is -2.07. The topological polar surface area (TPSA) is 72.3 Å². The molecule has 0 saturated carbocycles. The summed E-state index contributed by atoms with van der Waals surface area (Å²) in [7, 11) is 0. The van der Waals surface area contributed by atoms with Crippen molar-refractivity contribution in [3.63, 3.8) is 0 Å². The molecular weight excluding hydrogens is 304 g/mol. The minimum absolute atomic E-state index is 0.0963. The highest BCUT2D eigenvalue weighted by molar-refractivity contribution is 5.86. The molecule has 0 atom stereocenters. The molecule has 0 unspecified atom stereocenters. The van der Waals surface area contributed by atoms with Crippen LogP contribution >= 0.6 is 0 Å². The van der Waals surface area contributed by atoms with Crippen molar-refractivity contribution in [2.24, 2.45) is 5.92 Å². The monoisotopic (exact) mass is 328 g/mol. The molecule has 0 spiro atoms. The molecule has 128 valence electrons. The van der Waals surface area contributed by atoms with E-state index in [1.54, 1.807) is 0 Å². The van der Waals surface area contributed by atoms with Gasteiger partial charge in [0, 0.05) is 18.8 Å². The molecule has 5 nitrogen and oxygen atoms in total. The van der Waals surface area contributed by atoms with Gasteiger partial charge in [-0.25, -0.2) is 14.8 Å². The number of benzene rings is 1. The summed E-state index contributed by atoms with van der Waals surface area (Å²) in [6.07, 6.45) is 3.24. The van der Waals surface area contributed by atoms with Crippen LogP contribution in [0.25, 0.3) is 0 Å². The highest BCUT2D eigenvalue weighted by atomic mass is 16.5. The van der Waals surface area contributed by atoms with Gasteiger partial charge in [-0.3, -0.25) is 0 Å². The molecule has 0 fully saturated rings. The molecule has 1 aromatic carbocycles. The molecule has 1 heterocycles. The van der Waals surface area contributed by atoms with Gasteiger partial charge in [0.1, 0.15) is 11.6 Å². The van der Waals surface area contributed by atoms with Crippen LogP contribution in [-0.2, 0) is 6.42 Å². The van der Waals surface area contributed by atoms with Crippen LogP contribution < -0.4 is 4.74 Å². The Morgan fingerprint density at radius 3 is 2.38 bits per heavy atom. The van der Waals surface area contributed by atoms with Crippen LogP contribution in [0.1, 0.15) is 60.9 Å². The summed E-state index contributed by atoms with van der Waals surface area (Å²) in [6, 6.07) is 6.13. The van der Waals surface area contributed by atoms with E-state index in [1.165, 1.54) is 12.4 Å². The molecule has 24 heavy (non-hydrogen) atoms. The molecule has 0 aliphatic heterocycles. The predicted octanol–water partition coefficient (Wildman–Crippen LogP) is 3.92. The van der Waals surface area contributed by atoms with Crippen molar-refractivity contribution in [3.05, 3.63) is 53.1 Å². The van der Waals surface area contributed by atoms with Gasteiger partial charge in [-0.1, -0.05) is 39.8 Å². The summed E-state index contributed by atoms with van der Waals surface area (Å²) in [4.78, 5) is 19.1. The van der Waals surface area contributed by atoms with Gasteiger partial charge in [-0.15, -0.1) is 0 Å². The summed E-state index contributed by atoms with van der Waals surface area (Å²) < 4.78 is 5.91. The van der Waals surface area contributed by atoms with E-state index in [4.69, 9.17) is 9.84 Å². The van der Waals surface area contributed by atoms with Crippen molar-refractivity contribution in [2.45, 2.75) is 40.0 Å². The fraction of sp³-hybridized carbons (Fsp3) is 0.421. The molecule has 0 aliphatic carbocycles. The molecule has 2 rings (SSSR count). The SMILES string of the molecule is CC(C)COc1ccc(Cc2ncc(C(=O)O)cn2)cc1C(C)C. The zero-order chi connectivity index (χ0) is 17.7. The lowest BCUT2D eigenvalue weighted by atomic mass is 9.98. The van der Waals surface area contributed by atoms with E-state index in [9.17, 15) is 4.79 Å². The summed E-state index contributed by atoms with van der Waals surface area (Å²) in [5.41, 5.74) is 2.34. The highest BCUT2D eigenvalue weighted by Crippen LogP contribution is 2.28. The molecule has 0 aliphatic rings. The van der Waals surface area contributed by atoms with Gasteiger partial charge < -0.3 is 9.84 Å². The number of aromatic nitrogens is 2. The third-order valence-corrected chi connectivity index (χ3v) is 3.58.